The van der Waals surface area contributed by atoms with E-state index in [1.165, 1.54) is 0 Å². The highest BCUT2D eigenvalue weighted by Crippen LogP contribution is 2.39. The Labute approximate surface area is 251 Å². The maximum atomic E-state index is 6.20. The molecule has 0 aliphatic carbocycles. The van der Waals surface area contributed by atoms with Gasteiger partial charge in [-0.25, -0.2) is 15.0 Å². The van der Waals surface area contributed by atoms with Crippen molar-refractivity contribution in [2.45, 2.75) is 0 Å². The number of furan rings is 2. The van der Waals surface area contributed by atoms with Gasteiger partial charge in [0.2, 0.25) is 0 Å². The number of hydrogen-bond donors (Lipinski definition) is 0. The van der Waals surface area contributed by atoms with Gasteiger partial charge in [0.1, 0.15) is 22.3 Å². The smallest absolute Gasteiger partial charge is 0.164 e. The van der Waals surface area contributed by atoms with Crippen LogP contribution in [0.4, 0.5) is 0 Å². The highest BCUT2D eigenvalue weighted by Gasteiger charge is 2.20. The lowest BCUT2D eigenvalue weighted by Crippen LogP contribution is -2.00. The molecule has 206 valence electrons. The van der Waals surface area contributed by atoms with Gasteiger partial charge in [0.25, 0.3) is 0 Å². The summed E-state index contributed by atoms with van der Waals surface area (Å²) in [5, 5.41) is 3.83. The number of pyridine rings is 1. The van der Waals surface area contributed by atoms with Crippen molar-refractivity contribution in [3.05, 3.63) is 134 Å². The topological polar surface area (TPSA) is 77.8 Å². The molecule has 4 heterocycles. The number of para-hydroxylation sites is 1. The minimum atomic E-state index is 0.555. The van der Waals surface area contributed by atoms with Crippen molar-refractivity contribution in [3.63, 3.8) is 0 Å². The van der Waals surface area contributed by atoms with Gasteiger partial charge in [-0.1, -0.05) is 97.1 Å². The summed E-state index contributed by atoms with van der Waals surface area (Å²) >= 11 is 0. The maximum absolute atomic E-state index is 6.20. The maximum Gasteiger partial charge on any atom is 0.164 e. The third-order valence-corrected chi connectivity index (χ3v) is 8.07. The Balaban J connectivity index is 1.30. The molecule has 0 bridgehead atoms. The summed E-state index contributed by atoms with van der Waals surface area (Å²) in [7, 11) is 0. The van der Waals surface area contributed by atoms with Crippen LogP contribution in [-0.2, 0) is 0 Å². The van der Waals surface area contributed by atoms with Crippen LogP contribution in [0.25, 0.3) is 89.2 Å². The number of benzene rings is 5. The van der Waals surface area contributed by atoms with Crippen molar-refractivity contribution in [1.82, 2.24) is 19.9 Å². The quantitative estimate of drug-likeness (QED) is 0.211. The minimum absolute atomic E-state index is 0.555. The standard InChI is InChI=1S/C38H22N4O2/c1-2-8-23(9-3-1)24-16-18-25(19-17-24)36-40-37(27-11-6-14-32-34(27)26-10-4-5-13-30(26)43-32)42-38(41-36)28-12-7-15-33-35(28)29-22-39-21-20-31(29)44-33/h1-22H. The number of hydrogen-bond acceptors (Lipinski definition) is 6. The number of aromatic nitrogens is 4. The van der Waals surface area contributed by atoms with E-state index in [4.69, 9.17) is 23.8 Å². The molecule has 9 aromatic rings. The molecule has 44 heavy (non-hydrogen) atoms. The van der Waals surface area contributed by atoms with E-state index in [1.54, 1.807) is 6.20 Å². The second-order valence-corrected chi connectivity index (χ2v) is 10.7. The summed E-state index contributed by atoms with van der Waals surface area (Å²) in [4.78, 5) is 19.6. The van der Waals surface area contributed by atoms with E-state index in [0.717, 1.165) is 71.7 Å². The Morgan fingerprint density at radius 3 is 1.66 bits per heavy atom. The molecule has 0 radical (unpaired) electrons. The van der Waals surface area contributed by atoms with Crippen LogP contribution in [0.1, 0.15) is 0 Å². The van der Waals surface area contributed by atoms with Crippen LogP contribution >= 0.6 is 0 Å². The number of fused-ring (bicyclic) bond motifs is 6. The molecule has 0 atom stereocenters. The lowest BCUT2D eigenvalue weighted by molar-refractivity contribution is 0.668. The molecule has 6 heteroatoms. The zero-order valence-electron chi connectivity index (χ0n) is 23.3. The zero-order chi connectivity index (χ0) is 29.0. The molecular formula is C38H22N4O2. The number of nitrogens with zero attached hydrogens (tertiary/aromatic N) is 4. The van der Waals surface area contributed by atoms with Crippen LogP contribution in [0.5, 0.6) is 0 Å². The Bertz CT molecular complexity index is 2360. The summed E-state index contributed by atoms with van der Waals surface area (Å²) in [5.74, 6) is 1.70. The molecule has 9 rings (SSSR count). The first-order valence-electron chi connectivity index (χ1n) is 14.4. The first-order valence-corrected chi connectivity index (χ1v) is 14.4. The van der Waals surface area contributed by atoms with E-state index in [1.807, 2.05) is 85.1 Å². The molecule has 0 saturated carbocycles. The van der Waals surface area contributed by atoms with Gasteiger partial charge in [-0.05, 0) is 35.4 Å². The van der Waals surface area contributed by atoms with Crippen molar-refractivity contribution < 1.29 is 8.83 Å². The SMILES string of the molecule is c1ccc(-c2ccc(-c3nc(-c4cccc5oc6ccccc6c45)nc(-c4cccc5oc6ccncc6c45)n3)cc2)cc1. The highest BCUT2D eigenvalue weighted by molar-refractivity contribution is 6.13. The van der Waals surface area contributed by atoms with Gasteiger partial charge in [0, 0.05) is 50.6 Å². The summed E-state index contributed by atoms with van der Waals surface area (Å²) < 4.78 is 12.4. The predicted octanol–water partition coefficient (Wildman–Crippen LogP) is 9.73. The highest BCUT2D eigenvalue weighted by atomic mass is 16.3. The second kappa shape index (κ2) is 9.71. The van der Waals surface area contributed by atoms with Crippen LogP contribution in [0.15, 0.2) is 143 Å². The zero-order valence-corrected chi connectivity index (χ0v) is 23.3. The van der Waals surface area contributed by atoms with Gasteiger partial charge in [-0.3, -0.25) is 4.98 Å². The first-order chi connectivity index (χ1) is 21.8. The predicted molar refractivity (Wildman–Crippen MR) is 174 cm³/mol. The molecule has 0 spiro atoms. The minimum Gasteiger partial charge on any atom is -0.456 e. The van der Waals surface area contributed by atoms with E-state index in [0.29, 0.717) is 17.5 Å². The van der Waals surface area contributed by atoms with Gasteiger partial charge in [-0.2, -0.15) is 0 Å². The van der Waals surface area contributed by atoms with Gasteiger partial charge in [0.15, 0.2) is 17.5 Å². The largest absolute Gasteiger partial charge is 0.456 e. The van der Waals surface area contributed by atoms with Crippen molar-refractivity contribution >= 4 is 43.9 Å². The van der Waals surface area contributed by atoms with Gasteiger partial charge in [0.05, 0.1) is 0 Å². The van der Waals surface area contributed by atoms with Crippen LogP contribution in [-0.4, -0.2) is 19.9 Å². The van der Waals surface area contributed by atoms with Gasteiger partial charge in [-0.15, -0.1) is 0 Å². The fourth-order valence-electron chi connectivity index (χ4n) is 6.01. The Kier molecular flexibility index (Phi) is 5.40. The Hall–Kier alpha value is -6.14. The molecule has 6 nitrogen and oxygen atoms in total. The monoisotopic (exact) mass is 566 g/mol. The molecule has 5 aromatic carbocycles. The molecule has 4 aromatic heterocycles. The van der Waals surface area contributed by atoms with E-state index < -0.39 is 0 Å². The number of rotatable bonds is 4. The normalized spacial score (nSPS) is 11.6. The molecule has 0 amide bonds. The molecule has 0 N–H and O–H groups in total. The van der Waals surface area contributed by atoms with Crippen molar-refractivity contribution in [3.8, 4) is 45.3 Å². The molecule has 0 aliphatic rings. The summed E-state index contributed by atoms with van der Waals surface area (Å²) in [6.45, 7) is 0. The summed E-state index contributed by atoms with van der Waals surface area (Å²) in [5.41, 5.74) is 8.03. The first kappa shape index (κ1) is 24.5. The van der Waals surface area contributed by atoms with E-state index in [9.17, 15) is 0 Å². The van der Waals surface area contributed by atoms with Crippen molar-refractivity contribution in [2.24, 2.45) is 0 Å². The molecule has 0 fully saturated rings. The van der Waals surface area contributed by atoms with Crippen molar-refractivity contribution in [2.75, 3.05) is 0 Å². The van der Waals surface area contributed by atoms with Crippen LogP contribution < -0.4 is 0 Å². The second-order valence-electron chi connectivity index (χ2n) is 10.7. The Morgan fingerprint density at radius 1 is 0.386 bits per heavy atom. The van der Waals surface area contributed by atoms with Gasteiger partial charge >= 0.3 is 0 Å². The van der Waals surface area contributed by atoms with E-state index in [2.05, 4.69) is 47.4 Å². The molecule has 0 saturated heterocycles. The van der Waals surface area contributed by atoms with Crippen LogP contribution in [0, 0.1) is 0 Å². The fraction of sp³-hybridized carbons (Fsp3) is 0. The molecule has 0 unspecified atom stereocenters. The van der Waals surface area contributed by atoms with E-state index >= 15 is 0 Å². The average molecular weight is 567 g/mol. The van der Waals surface area contributed by atoms with Crippen molar-refractivity contribution in [1.29, 1.82) is 0 Å². The Morgan fingerprint density at radius 2 is 0.932 bits per heavy atom. The van der Waals surface area contributed by atoms with Crippen LogP contribution in [0.3, 0.4) is 0 Å². The van der Waals surface area contributed by atoms with Gasteiger partial charge < -0.3 is 8.83 Å². The molecule has 0 aliphatic heterocycles. The summed E-state index contributed by atoms with van der Waals surface area (Å²) in [6, 6.07) is 40.6. The van der Waals surface area contributed by atoms with E-state index in [-0.39, 0.29) is 0 Å². The third kappa shape index (κ3) is 3.89. The summed E-state index contributed by atoms with van der Waals surface area (Å²) in [6.07, 6.45) is 3.56. The lowest BCUT2D eigenvalue weighted by atomic mass is 10.0. The average Bonchev–Trinajstić information content (AvgIpc) is 3.67. The fourth-order valence-corrected chi connectivity index (χ4v) is 6.01. The lowest BCUT2D eigenvalue weighted by Gasteiger charge is -2.10. The van der Waals surface area contributed by atoms with Crippen LogP contribution in [0.2, 0.25) is 0 Å². The molecular weight excluding hydrogens is 544 g/mol. The third-order valence-electron chi connectivity index (χ3n) is 8.07.